The van der Waals surface area contributed by atoms with Crippen LogP contribution >= 0.6 is 0 Å². The van der Waals surface area contributed by atoms with Gasteiger partial charge in [-0.3, -0.25) is 0 Å². The maximum Gasteiger partial charge on any atom is 0.257 e. The van der Waals surface area contributed by atoms with Crippen molar-refractivity contribution in [2.45, 2.75) is 239 Å². The molecule has 2 heteroatoms. The summed E-state index contributed by atoms with van der Waals surface area (Å²) in [5.74, 6) is 2.24. The molecule has 248 valence electrons. The number of nitrogens with one attached hydrogen (secondary N) is 1. The number of imidazole rings is 1. The van der Waals surface area contributed by atoms with Crippen LogP contribution in [-0.2, 0) is 0 Å². The van der Waals surface area contributed by atoms with E-state index in [0.29, 0.717) is 12.0 Å². The van der Waals surface area contributed by atoms with E-state index >= 15 is 0 Å². The molecule has 1 aromatic rings. The Morgan fingerprint density at radius 2 is 0.762 bits per heavy atom. The second kappa shape index (κ2) is 30.2. The van der Waals surface area contributed by atoms with Gasteiger partial charge in [-0.15, -0.1) is 0 Å². The third-order valence-electron chi connectivity index (χ3n) is 9.89. The highest BCUT2D eigenvalue weighted by atomic mass is 15.1. The highest BCUT2D eigenvalue weighted by molar-refractivity contribution is 4.90. The van der Waals surface area contributed by atoms with Crippen molar-refractivity contribution in [2.24, 2.45) is 0 Å². The smallest absolute Gasteiger partial charge is 0.247 e. The molecule has 0 saturated carbocycles. The second-order valence-corrected chi connectivity index (χ2v) is 14.0. The maximum absolute atomic E-state index is 3.72. The largest absolute Gasteiger partial charge is 0.257 e. The van der Waals surface area contributed by atoms with E-state index in [4.69, 9.17) is 0 Å². The third kappa shape index (κ3) is 21.8. The number of unbranched alkanes of at least 4 members (excludes halogenated alkanes) is 25. The molecule has 0 aliphatic carbocycles. The first kappa shape index (κ1) is 39.2. The fraction of sp³-hybridized carbons (Fsp3) is 0.925. The molecule has 42 heavy (non-hydrogen) atoms. The van der Waals surface area contributed by atoms with Crippen molar-refractivity contribution in [1.82, 2.24) is 4.98 Å². The zero-order chi connectivity index (χ0) is 30.4. The minimum absolute atomic E-state index is 0.620. The fourth-order valence-corrected chi connectivity index (χ4v) is 6.96. The van der Waals surface area contributed by atoms with Gasteiger partial charge in [-0.25, -0.2) is 9.55 Å². The van der Waals surface area contributed by atoms with E-state index in [9.17, 15) is 0 Å². The van der Waals surface area contributed by atoms with E-state index in [1.807, 2.05) is 0 Å². The average molecular weight is 588 g/mol. The van der Waals surface area contributed by atoms with Gasteiger partial charge in [-0.05, 0) is 32.6 Å². The third-order valence-corrected chi connectivity index (χ3v) is 9.89. The summed E-state index contributed by atoms with van der Waals surface area (Å²) in [6.07, 6.45) is 48.7. The number of aromatic nitrogens is 2. The van der Waals surface area contributed by atoms with Crippen LogP contribution in [0.1, 0.15) is 245 Å². The number of nitrogens with zero attached hydrogens (tertiary/aromatic N) is 1. The van der Waals surface area contributed by atoms with Crippen LogP contribution in [0.15, 0.2) is 12.4 Å². The quantitative estimate of drug-likeness (QED) is 0.0623. The van der Waals surface area contributed by atoms with Crippen LogP contribution in [0.2, 0.25) is 0 Å². The van der Waals surface area contributed by atoms with Crippen molar-refractivity contribution in [2.75, 3.05) is 0 Å². The number of hydrogen-bond acceptors (Lipinski definition) is 0. The van der Waals surface area contributed by atoms with Crippen molar-refractivity contribution in [3.05, 3.63) is 18.2 Å². The van der Waals surface area contributed by atoms with Crippen LogP contribution in [0.5, 0.6) is 0 Å². The molecule has 0 amide bonds. The Morgan fingerprint density at radius 1 is 0.452 bits per heavy atom. The van der Waals surface area contributed by atoms with Gasteiger partial charge >= 0.3 is 0 Å². The Morgan fingerprint density at radius 3 is 1.17 bits per heavy atom. The summed E-state index contributed by atoms with van der Waals surface area (Å²) in [6.45, 7) is 9.42. The first-order chi connectivity index (χ1) is 20.7. The van der Waals surface area contributed by atoms with Gasteiger partial charge in [0.1, 0.15) is 12.4 Å². The number of H-pyrrole nitrogens is 1. The van der Waals surface area contributed by atoms with Gasteiger partial charge in [-0.2, -0.15) is 0 Å². The second-order valence-electron chi connectivity index (χ2n) is 14.0. The van der Waals surface area contributed by atoms with Gasteiger partial charge in [0.25, 0.3) is 5.82 Å². The SMILES string of the molecule is CCCCCCCCCCCCCCCCC(CCCCC)c1[nH]cc[n+]1C(C)CCCCCCCCCCCCC. The zero-order valence-electron chi connectivity index (χ0n) is 29.7. The fourth-order valence-electron chi connectivity index (χ4n) is 6.96. The van der Waals surface area contributed by atoms with Crippen molar-refractivity contribution < 1.29 is 4.57 Å². The molecule has 1 N–H and O–H groups in total. The molecule has 1 heterocycles. The maximum atomic E-state index is 3.72. The van der Waals surface area contributed by atoms with E-state index in [0.717, 1.165) is 0 Å². The summed E-state index contributed by atoms with van der Waals surface area (Å²) in [4.78, 5) is 3.72. The Kier molecular flexibility index (Phi) is 28.3. The Labute approximate surface area is 266 Å². The summed E-state index contributed by atoms with van der Waals surface area (Å²) < 4.78 is 2.62. The molecule has 0 bridgehead atoms. The Balaban J connectivity index is 2.24. The lowest BCUT2D eigenvalue weighted by Crippen LogP contribution is -2.41. The lowest BCUT2D eigenvalue weighted by Gasteiger charge is -2.17. The summed E-state index contributed by atoms with van der Waals surface area (Å²) in [5, 5.41) is 0. The summed E-state index contributed by atoms with van der Waals surface area (Å²) in [7, 11) is 0. The lowest BCUT2D eigenvalue weighted by atomic mass is 9.93. The van der Waals surface area contributed by atoms with E-state index in [1.165, 1.54) is 205 Å². The number of aromatic amines is 1. The number of hydrogen-bond donors (Lipinski definition) is 1. The number of rotatable bonds is 33. The monoisotopic (exact) mass is 588 g/mol. The Hall–Kier alpha value is -0.790. The minimum Gasteiger partial charge on any atom is -0.247 e. The van der Waals surface area contributed by atoms with Crippen LogP contribution in [-0.4, -0.2) is 4.98 Å². The first-order valence-electron chi connectivity index (χ1n) is 19.8. The van der Waals surface area contributed by atoms with E-state index in [1.54, 1.807) is 0 Å². The van der Waals surface area contributed by atoms with E-state index < -0.39 is 0 Å². The molecule has 0 aliphatic heterocycles. The van der Waals surface area contributed by atoms with Gasteiger partial charge in [-0.1, -0.05) is 194 Å². The van der Waals surface area contributed by atoms with Crippen LogP contribution < -0.4 is 4.57 Å². The van der Waals surface area contributed by atoms with Gasteiger partial charge in [0.15, 0.2) is 0 Å². The highest BCUT2D eigenvalue weighted by Gasteiger charge is 2.25. The van der Waals surface area contributed by atoms with Gasteiger partial charge < -0.3 is 0 Å². The molecule has 2 unspecified atom stereocenters. The van der Waals surface area contributed by atoms with Crippen molar-refractivity contribution in [3.63, 3.8) is 0 Å². The molecule has 1 rings (SSSR count). The first-order valence-corrected chi connectivity index (χ1v) is 19.8. The predicted molar refractivity (Wildman–Crippen MR) is 189 cm³/mol. The van der Waals surface area contributed by atoms with Crippen LogP contribution in [0.25, 0.3) is 0 Å². The van der Waals surface area contributed by atoms with Crippen LogP contribution in [0, 0.1) is 0 Å². The van der Waals surface area contributed by atoms with Crippen LogP contribution in [0.4, 0.5) is 0 Å². The van der Waals surface area contributed by atoms with Crippen molar-refractivity contribution in [1.29, 1.82) is 0 Å². The Bertz CT molecular complexity index is 650. The topological polar surface area (TPSA) is 19.7 Å². The predicted octanol–water partition coefficient (Wildman–Crippen LogP) is 14.1. The van der Waals surface area contributed by atoms with E-state index in [-0.39, 0.29) is 0 Å². The molecule has 0 radical (unpaired) electrons. The molecular weight excluding hydrogens is 508 g/mol. The lowest BCUT2D eigenvalue weighted by molar-refractivity contribution is -0.727. The molecular formula is C40H79N2+. The normalized spacial score (nSPS) is 13.1. The molecule has 0 saturated heterocycles. The molecule has 0 aromatic carbocycles. The summed E-state index contributed by atoms with van der Waals surface area (Å²) in [5.41, 5.74) is 0. The van der Waals surface area contributed by atoms with Gasteiger partial charge in [0.05, 0.1) is 12.0 Å². The summed E-state index contributed by atoms with van der Waals surface area (Å²) >= 11 is 0. The van der Waals surface area contributed by atoms with Crippen molar-refractivity contribution >= 4 is 0 Å². The molecule has 2 nitrogen and oxygen atoms in total. The van der Waals surface area contributed by atoms with Gasteiger partial charge in [0, 0.05) is 0 Å². The van der Waals surface area contributed by atoms with Gasteiger partial charge in [0.2, 0.25) is 0 Å². The van der Waals surface area contributed by atoms with E-state index in [2.05, 4.69) is 49.6 Å². The molecule has 0 fully saturated rings. The standard InChI is InChI=1S/C40H78N2/c1-5-8-11-13-15-17-19-20-21-23-25-27-29-32-35-39(34-30-10-7-3)40-41-36-37-42(40)38(4)33-31-28-26-24-22-18-16-14-12-9-6-2/h36-39H,5-35H2,1-4H3/p+1. The average Bonchev–Trinajstić information content (AvgIpc) is 3.49. The highest BCUT2D eigenvalue weighted by Crippen LogP contribution is 2.27. The van der Waals surface area contributed by atoms with Crippen molar-refractivity contribution in [3.8, 4) is 0 Å². The molecule has 0 spiro atoms. The summed E-state index contributed by atoms with van der Waals surface area (Å²) in [6, 6.07) is 0.620. The van der Waals surface area contributed by atoms with Crippen LogP contribution in [0.3, 0.4) is 0 Å². The zero-order valence-corrected chi connectivity index (χ0v) is 29.7. The molecule has 2 atom stereocenters. The molecule has 1 aromatic heterocycles. The molecule has 0 aliphatic rings. The minimum atomic E-state index is 0.620.